The van der Waals surface area contributed by atoms with E-state index in [1.54, 1.807) is 11.5 Å². The molecule has 0 spiro atoms. The number of hydrogen-bond acceptors (Lipinski definition) is 4. The average molecular weight is 298 g/mol. The maximum Gasteiger partial charge on any atom is 0.192 e. The molecule has 1 heterocycles. The first kappa shape index (κ1) is 15.4. The van der Waals surface area contributed by atoms with Crippen LogP contribution in [0.1, 0.15) is 34.2 Å². The molecule has 0 bridgehead atoms. The standard InChI is InChI=1S/C17H18N2OS/c1-4-14-5-7-15(8-6-14)16(20)9-10-21-17-18-12(2)11-13(3)19-17/h5-11H,4H2,1-3H3/b10-9+. The maximum absolute atomic E-state index is 12.0. The number of rotatable bonds is 5. The largest absolute Gasteiger partial charge is 0.289 e. The molecular formula is C17H18N2OS. The summed E-state index contributed by atoms with van der Waals surface area (Å²) in [7, 11) is 0. The number of carbonyl (C=O) groups is 1. The van der Waals surface area contributed by atoms with E-state index in [1.165, 1.54) is 17.3 Å². The zero-order chi connectivity index (χ0) is 15.2. The lowest BCUT2D eigenvalue weighted by Gasteiger charge is -2.00. The number of thioether (sulfide) groups is 1. The maximum atomic E-state index is 12.0. The van der Waals surface area contributed by atoms with Crippen LogP contribution in [0.25, 0.3) is 0 Å². The lowest BCUT2D eigenvalue weighted by Crippen LogP contribution is -1.94. The molecule has 21 heavy (non-hydrogen) atoms. The molecule has 0 atom stereocenters. The van der Waals surface area contributed by atoms with Crippen molar-refractivity contribution in [2.75, 3.05) is 0 Å². The third-order valence-corrected chi connectivity index (χ3v) is 3.67. The SMILES string of the molecule is CCc1ccc(C(=O)/C=C/Sc2nc(C)cc(C)n2)cc1. The van der Waals surface area contributed by atoms with E-state index >= 15 is 0 Å². The lowest BCUT2D eigenvalue weighted by molar-refractivity contribution is 0.104. The minimum Gasteiger partial charge on any atom is -0.289 e. The van der Waals surface area contributed by atoms with Crippen LogP contribution < -0.4 is 0 Å². The van der Waals surface area contributed by atoms with Gasteiger partial charge in [0.15, 0.2) is 10.9 Å². The summed E-state index contributed by atoms with van der Waals surface area (Å²) in [6, 6.07) is 9.63. The van der Waals surface area contributed by atoms with Gasteiger partial charge in [-0.2, -0.15) is 0 Å². The van der Waals surface area contributed by atoms with E-state index in [9.17, 15) is 4.79 Å². The number of carbonyl (C=O) groups excluding carboxylic acids is 1. The minimum atomic E-state index is -0.00507. The monoisotopic (exact) mass is 298 g/mol. The summed E-state index contributed by atoms with van der Waals surface area (Å²) in [5, 5.41) is 2.41. The fourth-order valence-corrected chi connectivity index (χ4v) is 2.61. The molecule has 0 amide bonds. The van der Waals surface area contributed by atoms with E-state index in [1.807, 2.05) is 44.2 Å². The molecular weight excluding hydrogens is 280 g/mol. The number of aromatic nitrogens is 2. The molecule has 1 aromatic carbocycles. The Balaban J connectivity index is 2.01. The van der Waals surface area contributed by atoms with Gasteiger partial charge in [-0.1, -0.05) is 43.0 Å². The highest BCUT2D eigenvalue weighted by Gasteiger charge is 2.02. The molecule has 3 nitrogen and oxygen atoms in total. The fourth-order valence-electron chi connectivity index (χ4n) is 1.90. The Morgan fingerprint density at radius 1 is 1.14 bits per heavy atom. The normalized spacial score (nSPS) is 11.0. The van der Waals surface area contributed by atoms with E-state index in [4.69, 9.17) is 0 Å². The van der Waals surface area contributed by atoms with Crippen LogP contribution in [-0.4, -0.2) is 15.8 Å². The Kier molecular flexibility index (Phi) is 5.28. The molecule has 0 aliphatic carbocycles. The second-order valence-electron chi connectivity index (χ2n) is 4.77. The zero-order valence-corrected chi connectivity index (χ0v) is 13.3. The van der Waals surface area contributed by atoms with Crippen LogP contribution in [0, 0.1) is 13.8 Å². The van der Waals surface area contributed by atoms with Crippen molar-refractivity contribution in [3.63, 3.8) is 0 Å². The van der Waals surface area contributed by atoms with Crippen molar-refractivity contribution in [2.45, 2.75) is 32.3 Å². The summed E-state index contributed by atoms with van der Waals surface area (Å²) in [6.45, 7) is 5.96. The van der Waals surface area contributed by atoms with Crippen molar-refractivity contribution in [3.8, 4) is 0 Å². The Morgan fingerprint density at radius 2 is 1.76 bits per heavy atom. The summed E-state index contributed by atoms with van der Waals surface area (Å²) in [5.74, 6) is -0.00507. The summed E-state index contributed by atoms with van der Waals surface area (Å²) >= 11 is 1.36. The van der Waals surface area contributed by atoms with Gasteiger partial charge in [0.2, 0.25) is 0 Å². The predicted molar refractivity (Wildman–Crippen MR) is 86.7 cm³/mol. The van der Waals surface area contributed by atoms with Gasteiger partial charge in [0.05, 0.1) is 0 Å². The highest BCUT2D eigenvalue weighted by atomic mass is 32.2. The number of benzene rings is 1. The van der Waals surface area contributed by atoms with Gasteiger partial charge in [-0.15, -0.1) is 0 Å². The van der Waals surface area contributed by atoms with Gasteiger partial charge in [-0.25, -0.2) is 9.97 Å². The zero-order valence-electron chi connectivity index (χ0n) is 12.5. The number of ketones is 1. The molecule has 0 radical (unpaired) electrons. The molecule has 0 unspecified atom stereocenters. The minimum absolute atomic E-state index is 0.00507. The summed E-state index contributed by atoms with van der Waals surface area (Å²) < 4.78 is 0. The van der Waals surface area contributed by atoms with Gasteiger partial charge in [0, 0.05) is 17.0 Å². The van der Waals surface area contributed by atoms with Gasteiger partial charge in [0.25, 0.3) is 0 Å². The number of hydrogen-bond donors (Lipinski definition) is 0. The van der Waals surface area contributed by atoms with Crippen LogP contribution in [0.4, 0.5) is 0 Å². The van der Waals surface area contributed by atoms with Crippen LogP contribution in [0.3, 0.4) is 0 Å². The molecule has 0 saturated carbocycles. The summed E-state index contributed by atoms with van der Waals surface area (Å²) in [5.41, 5.74) is 3.79. The molecule has 2 aromatic rings. The first-order valence-electron chi connectivity index (χ1n) is 6.87. The van der Waals surface area contributed by atoms with Gasteiger partial charge in [-0.05, 0) is 43.4 Å². The number of nitrogens with zero attached hydrogens (tertiary/aromatic N) is 2. The van der Waals surface area contributed by atoms with Crippen molar-refractivity contribution >= 4 is 17.5 Å². The molecule has 4 heteroatoms. The summed E-state index contributed by atoms with van der Waals surface area (Å²) in [6.07, 6.45) is 2.54. The quantitative estimate of drug-likeness (QED) is 0.360. The Morgan fingerprint density at radius 3 is 2.33 bits per heavy atom. The van der Waals surface area contributed by atoms with Crippen molar-refractivity contribution in [1.29, 1.82) is 0 Å². The molecule has 0 fully saturated rings. The average Bonchev–Trinajstić information content (AvgIpc) is 2.46. The summed E-state index contributed by atoms with van der Waals surface area (Å²) in [4.78, 5) is 20.7. The third-order valence-electron chi connectivity index (χ3n) is 3.00. The smallest absolute Gasteiger partial charge is 0.192 e. The van der Waals surface area contributed by atoms with E-state index in [-0.39, 0.29) is 5.78 Å². The second-order valence-corrected chi connectivity index (χ2v) is 5.64. The van der Waals surface area contributed by atoms with Crippen LogP contribution in [0.15, 0.2) is 47.0 Å². The second kappa shape index (κ2) is 7.18. The van der Waals surface area contributed by atoms with Gasteiger partial charge >= 0.3 is 0 Å². The van der Waals surface area contributed by atoms with Gasteiger partial charge < -0.3 is 0 Å². The van der Waals surface area contributed by atoms with E-state index in [0.29, 0.717) is 10.7 Å². The van der Waals surface area contributed by atoms with Crippen LogP contribution in [-0.2, 0) is 6.42 Å². The predicted octanol–water partition coefficient (Wildman–Crippen LogP) is 4.14. The van der Waals surface area contributed by atoms with Crippen molar-refractivity contribution in [2.24, 2.45) is 0 Å². The van der Waals surface area contributed by atoms with Crippen molar-refractivity contribution in [1.82, 2.24) is 9.97 Å². The van der Waals surface area contributed by atoms with Crippen molar-refractivity contribution < 1.29 is 4.79 Å². The Labute approximate surface area is 129 Å². The van der Waals surface area contributed by atoms with Gasteiger partial charge in [-0.3, -0.25) is 4.79 Å². The fraction of sp³-hybridized carbons (Fsp3) is 0.235. The van der Waals surface area contributed by atoms with Crippen LogP contribution in [0.2, 0.25) is 0 Å². The van der Waals surface area contributed by atoms with E-state index in [2.05, 4.69) is 16.9 Å². The first-order valence-corrected chi connectivity index (χ1v) is 7.75. The molecule has 1 aromatic heterocycles. The number of aryl methyl sites for hydroxylation is 3. The topological polar surface area (TPSA) is 42.9 Å². The van der Waals surface area contributed by atoms with E-state index in [0.717, 1.165) is 17.8 Å². The highest BCUT2D eigenvalue weighted by Crippen LogP contribution is 2.16. The Bertz CT molecular complexity index is 643. The molecule has 0 saturated heterocycles. The molecule has 2 rings (SSSR count). The highest BCUT2D eigenvalue weighted by molar-refractivity contribution is 8.02. The third kappa shape index (κ3) is 4.53. The molecule has 0 N–H and O–H groups in total. The Hall–Kier alpha value is -1.94. The molecule has 0 aliphatic heterocycles. The molecule has 0 aliphatic rings. The van der Waals surface area contributed by atoms with Crippen LogP contribution in [0.5, 0.6) is 0 Å². The molecule has 108 valence electrons. The van der Waals surface area contributed by atoms with Crippen LogP contribution >= 0.6 is 11.8 Å². The van der Waals surface area contributed by atoms with Crippen molar-refractivity contribution in [3.05, 3.63) is 64.3 Å². The first-order chi connectivity index (χ1) is 10.1. The van der Waals surface area contributed by atoms with E-state index < -0.39 is 0 Å². The lowest BCUT2D eigenvalue weighted by atomic mass is 10.1. The number of allylic oxidation sites excluding steroid dienone is 1. The van der Waals surface area contributed by atoms with Gasteiger partial charge in [0.1, 0.15) is 0 Å².